The zero-order valence-corrected chi connectivity index (χ0v) is 18.0. The van der Waals surface area contributed by atoms with Crippen molar-refractivity contribution in [1.82, 2.24) is 30.0 Å². The SMILES string of the molecule is Cc1cnc(-n2ncc(C(=O)NCCc3cccnc3)c2C2CC2)nc1-c1cccs1. The van der Waals surface area contributed by atoms with Crippen LogP contribution in [-0.4, -0.2) is 37.2 Å². The highest BCUT2D eigenvalue weighted by Crippen LogP contribution is 2.42. The first-order valence-corrected chi connectivity index (χ1v) is 11.2. The Labute approximate surface area is 184 Å². The van der Waals surface area contributed by atoms with Gasteiger partial charge in [0.05, 0.1) is 28.0 Å². The molecule has 5 rings (SSSR count). The Morgan fingerprint density at radius 2 is 2.13 bits per heavy atom. The van der Waals surface area contributed by atoms with Gasteiger partial charge in [-0.1, -0.05) is 12.1 Å². The van der Waals surface area contributed by atoms with Gasteiger partial charge in [0, 0.05) is 31.1 Å². The highest BCUT2D eigenvalue weighted by molar-refractivity contribution is 7.13. The summed E-state index contributed by atoms with van der Waals surface area (Å²) < 4.78 is 1.74. The summed E-state index contributed by atoms with van der Waals surface area (Å²) >= 11 is 1.65. The van der Waals surface area contributed by atoms with Gasteiger partial charge in [-0.3, -0.25) is 9.78 Å². The molecular weight excluding hydrogens is 408 g/mol. The van der Waals surface area contributed by atoms with Gasteiger partial charge in [0.1, 0.15) is 0 Å². The van der Waals surface area contributed by atoms with Gasteiger partial charge in [-0.25, -0.2) is 14.6 Å². The van der Waals surface area contributed by atoms with Crippen LogP contribution >= 0.6 is 11.3 Å². The largest absolute Gasteiger partial charge is 0.352 e. The van der Waals surface area contributed by atoms with E-state index in [1.165, 1.54) is 0 Å². The predicted molar refractivity (Wildman–Crippen MR) is 119 cm³/mol. The topological polar surface area (TPSA) is 85.6 Å². The van der Waals surface area contributed by atoms with Gasteiger partial charge in [-0.2, -0.15) is 5.10 Å². The lowest BCUT2D eigenvalue weighted by atomic mass is 10.1. The second kappa shape index (κ2) is 8.39. The van der Waals surface area contributed by atoms with E-state index < -0.39 is 0 Å². The summed E-state index contributed by atoms with van der Waals surface area (Å²) in [5.41, 5.74) is 4.52. The van der Waals surface area contributed by atoms with Gasteiger partial charge in [-0.05, 0) is 54.8 Å². The highest BCUT2D eigenvalue weighted by Gasteiger charge is 2.33. The van der Waals surface area contributed by atoms with Crippen molar-refractivity contribution in [3.05, 3.63) is 76.8 Å². The fourth-order valence-corrected chi connectivity index (χ4v) is 4.38. The van der Waals surface area contributed by atoms with Crippen LogP contribution in [0.1, 0.15) is 45.9 Å². The molecule has 1 amide bonds. The molecule has 4 aromatic heterocycles. The van der Waals surface area contributed by atoms with Crippen LogP contribution in [0.3, 0.4) is 0 Å². The summed E-state index contributed by atoms with van der Waals surface area (Å²) in [6, 6.07) is 7.97. The zero-order chi connectivity index (χ0) is 21.2. The van der Waals surface area contributed by atoms with Crippen LogP contribution in [0.25, 0.3) is 16.5 Å². The van der Waals surface area contributed by atoms with Gasteiger partial charge >= 0.3 is 0 Å². The molecule has 0 bridgehead atoms. The Bertz CT molecular complexity index is 1200. The summed E-state index contributed by atoms with van der Waals surface area (Å²) in [5.74, 6) is 0.713. The maximum Gasteiger partial charge on any atom is 0.254 e. The number of aromatic nitrogens is 5. The Morgan fingerprint density at radius 3 is 2.87 bits per heavy atom. The minimum atomic E-state index is -0.109. The predicted octanol–water partition coefficient (Wildman–Crippen LogP) is 3.94. The molecule has 31 heavy (non-hydrogen) atoms. The third kappa shape index (κ3) is 4.11. The first-order valence-electron chi connectivity index (χ1n) is 10.3. The Balaban J connectivity index is 1.40. The molecule has 0 unspecified atom stereocenters. The molecule has 4 heterocycles. The maximum atomic E-state index is 12.9. The van der Waals surface area contributed by atoms with Crippen molar-refractivity contribution in [1.29, 1.82) is 0 Å². The summed E-state index contributed by atoms with van der Waals surface area (Å²) in [7, 11) is 0. The quantitative estimate of drug-likeness (QED) is 0.480. The van der Waals surface area contributed by atoms with Crippen LogP contribution in [0.2, 0.25) is 0 Å². The molecule has 0 radical (unpaired) electrons. The van der Waals surface area contributed by atoms with E-state index in [0.29, 0.717) is 24.0 Å². The molecule has 0 saturated heterocycles. The Kier molecular flexibility index (Phi) is 5.30. The lowest BCUT2D eigenvalue weighted by Gasteiger charge is -2.10. The smallest absolute Gasteiger partial charge is 0.254 e. The van der Waals surface area contributed by atoms with E-state index >= 15 is 0 Å². The van der Waals surface area contributed by atoms with Crippen molar-refractivity contribution in [2.45, 2.75) is 32.1 Å². The molecule has 8 heteroatoms. The van der Waals surface area contributed by atoms with Crippen molar-refractivity contribution in [2.75, 3.05) is 6.54 Å². The fraction of sp³-hybridized carbons (Fsp3) is 0.261. The number of aryl methyl sites for hydroxylation is 1. The second-order valence-corrected chi connectivity index (χ2v) is 8.62. The van der Waals surface area contributed by atoms with Crippen LogP contribution in [-0.2, 0) is 6.42 Å². The molecule has 1 N–H and O–H groups in total. The number of carbonyl (C=O) groups excluding carboxylic acids is 1. The molecule has 7 nitrogen and oxygen atoms in total. The van der Waals surface area contributed by atoms with Gasteiger partial charge in [-0.15, -0.1) is 11.3 Å². The standard InChI is InChI=1S/C23H22N6OS/c1-15-12-26-23(28-20(15)19-5-3-11-31-19)29-21(17-6-7-17)18(14-27-29)22(30)25-10-8-16-4-2-9-24-13-16/h2-5,9,11-14,17H,6-8,10H2,1H3,(H,25,30). The molecule has 4 aromatic rings. The van der Waals surface area contributed by atoms with Gasteiger partial charge < -0.3 is 5.32 Å². The number of nitrogens with one attached hydrogen (secondary N) is 1. The summed E-state index contributed by atoms with van der Waals surface area (Å²) in [4.78, 5) is 27.4. The molecule has 156 valence electrons. The third-order valence-corrected chi connectivity index (χ3v) is 6.22. The van der Waals surface area contributed by atoms with E-state index in [2.05, 4.69) is 26.4 Å². The molecule has 1 aliphatic rings. The number of nitrogens with zero attached hydrogens (tertiary/aromatic N) is 5. The number of pyridine rings is 1. The lowest BCUT2D eigenvalue weighted by Crippen LogP contribution is -2.26. The van der Waals surface area contributed by atoms with Crippen molar-refractivity contribution >= 4 is 17.2 Å². The normalized spacial score (nSPS) is 13.3. The molecule has 0 atom stereocenters. The van der Waals surface area contributed by atoms with E-state index in [1.54, 1.807) is 28.4 Å². The van der Waals surface area contributed by atoms with Crippen LogP contribution < -0.4 is 5.32 Å². The van der Waals surface area contributed by atoms with E-state index in [9.17, 15) is 4.79 Å². The second-order valence-electron chi connectivity index (χ2n) is 7.68. The minimum absolute atomic E-state index is 0.109. The maximum absolute atomic E-state index is 12.9. The first-order chi connectivity index (χ1) is 15.2. The molecule has 1 fully saturated rings. The van der Waals surface area contributed by atoms with E-state index in [0.717, 1.165) is 46.7 Å². The van der Waals surface area contributed by atoms with E-state index in [-0.39, 0.29) is 5.91 Å². The molecule has 1 saturated carbocycles. The number of amides is 1. The summed E-state index contributed by atoms with van der Waals surface area (Å²) in [6.45, 7) is 2.55. The molecular formula is C23H22N6OS. The molecule has 0 aromatic carbocycles. The van der Waals surface area contributed by atoms with E-state index in [4.69, 9.17) is 4.98 Å². The Morgan fingerprint density at radius 1 is 1.23 bits per heavy atom. The highest BCUT2D eigenvalue weighted by atomic mass is 32.1. The lowest BCUT2D eigenvalue weighted by molar-refractivity contribution is 0.0953. The van der Waals surface area contributed by atoms with E-state index in [1.807, 2.05) is 42.9 Å². The summed E-state index contributed by atoms with van der Waals surface area (Å²) in [6.07, 6.45) is 9.86. The van der Waals surface area contributed by atoms with Crippen molar-refractivity contribution in [3.63, 3.8) is 0 Å². The monoisotopic (exact) mass is 430 g/mol. The van der Waals surface area contributed by atoms with Crippen molar-refractivity contribution < 1.29 is 4.79 Å². The Hall–Kier alpha value is -3.39. The summed E-state index contributed by atoms with van der Waals surface area (Å²) in [5, 5.41) is 9.57. The number of carbonyl (C=O) groups is 1. The average Bonchev–Trinajstić information content (AvgIpc) is 3.30. The average molecular weight is 431 g/mol. The van der Waals surface area contributed by atoms with Crippen LogP contribution in [0.5, 0.6) is 0 Å². The number of rotatable bonds is 7. The number of hydrogen-bond acceptors (Lipinski definition) is 6. The van der Waals surface area contributed by atoms with Crippen LogP contribution in [0, 0.1) is 6.92 Å². The van der Waals surface area contributed by atoms with Gasteiger partial charge in [0.15, 0.2) is 0 Å². The first kappa shape index (κ1) is 19.6. The van der Waals surface area contributed by atoms with Crippen molar-refractivity contribution in [3.8, 4) is 16.5 Å². The number of thiophene rings is 1. The fourth-order valence-electron chi connectivity index (χ4n) is 3.60. The minimum Gasteiger partial charge on any atom is -0.352 e. The third-order valence-electron chi connectivity index (χ3n) is 5.34. The van der Waals surface area contributed by atoms with Gasteiger partial charge in [0.2, 0.25) is 0 Å². The molecule has 0 aliphatic heterocycles. The molecule has 1 aliphatic carbocycles. The van der Waals surface area contributed by atoms with Gasteiger partial charge in [0.25, 0.3) is 11.9 Å². The van der Waals surface area contributed by atoms with Crippen molar-refractivity contribution in [2.24, 2.45) is 0 Å². The molecule has 0 spiro atoms. The zero-order valence-electron chi connectivity index (χ0n) is 17.2. The van der Waals surface area contributed by atoms with Crippen LogP contribution in [0.4, 0.5) is 0 Å². The number of hydrogen-bond donors (Lipinski definition) is 1. The van der Waals surface area contributed by atoms with Crippen LogP contribution in [0.15, 0.2) is 54.4 Å².